The molecule has 34 nitrogen and oxygen atoms in total. The number of aliphatic carboxylic acids is 14. The van der Waals surface area contributed by atoms with Crippen molar-refractivity contribution >= 4 is 83.6 Å². The van der Waals surface area contributed by atoms with Crippen molar-refractivity contribution in [3.8, 4) is 0 Å². The van der Waals surface area contributed by atoms with Crippen LogP contribution < -0.4 is 35.7 Å². The molecule has 6 atom stereocenters. The molecule has 76 heavy (non-hydrogen) atoms. The van der Waals surface area contributed by atoms with E-state index in [1.54, 1.807) is 19.6 Å². The fourth-order valence-electron chi connectivity index (χ4n) is 9.30. The van der Waals surface area contributed by atoms with E-state index in [1.807, 2.05) is 0 Å². The van der Waals surface area contributed by atoms with Crippen LogP contribution in [0.2, 0.25) is 0 Å². The molecule has 3 rings (SSSR count). The quantitative estimate of drug-likeness (QED) is 0.0472. The van der Waals surface area contributed by atoms with Gasteiger partial charge in [0, 0.05) is 126 Å². The molecule has 1 saturated heterocycles. The van der Waals surface area contributed by atoms with Gasteiger partial charge in [0.15, 0.2) is 0 Å². The third-order valence-corrected chi connectivity index (χ3v) is 12.3. The minimum Gasteiger partial charge on any atom is -0.550 e. The molecule has 7 N–H and O–H groups in total. The molecule has 2 aliphatic carbocycles. The Morgan fingerprint density at radius 1 is 0.329 bits per heavy atom. The van der Waals surface area contributed by atoms with Gasteiger partial charge in [-0.05, 0) is 12.8 Å². The van der Waals surface area contributed by atoms with Crippen molar-refractivity contribution in [2.24, 2.45) is 35.5 Å². The summed E-state index contributed by atoms with van der Waals surface area (Å²) < 4.78 is 0. The van der Waals surface area contributed by atoms with Crippen LogP contribution in [0.4, 0.5) is 0 Å². The Labute approximate surface area is 429 Å². The van der Waals surface area contributed by atoms with Gasteiger partial charge >= 0.3 is 41.8 Å². The van der Waals surface area contributed by atoms with Crippen LogP contribution in [0, 0.1) is 35.5 Å². The van der Waals surface area contributed by atoms with Crippen molar-refractivity contribution in [1.29, 1.82) is 0 Å². The fraction of sp³-hybridized carbons (Fsp3) is 0.667. The van der Waals surface area contributed by atoms with E-state index in [9.17, 15) is 103 Å². The monoisotopic (exact) mass is 1090 g/mol. The zero-order valence-corrected chi connectivity index (χ0v) is 40.1. The molecule has 0 aromatic rings. The van der Waals surface area contributed by atoms with Crippen LogP contribution in [0.3, 0.4) is 0 Å². The first-order valence-electron chi connectivity index (χ1n) is 22.6. The molecule has 3 fully saturated rings. The third kappa shape index (κ3) is 22.8. The zero-order chi connectivity index (χ0) is 58.3. The zero-order valence-electron chi connectivity index (χ0n) is 40.1. The van der Waals surface area contributed by atoms with E-state index >= 15 is 0 Å². The maximum Gasteiger partial charge on any atom is 0.317 e. The van der Waals surface area contributed by atoms with E-state index in [-0.39, 0.29) is 78.5 Å². The molecule has 1 heterocycles. The predicted molar refractivity (Wildman–Crippen MR) is 224 cm³/mol. The lowest BCUT2D eigenvalue weighted by atomic mass is 9.56. The van der Waals surface area contributed by atoms with E-state index in [1.165, 1.54) is 9.80 Å². The third-order valence-electron chi connectivity index (χ3n) is 12.3. The molecule has 0 aromatic heterocycles. The van der Waals surface area contributed by atoms with Crippen molar-refractivity contribution in [2.45, 2.75) is 37.8 Å². The second kappa shape index (κ2) is 31.9. The molecule has 0 aromatic carbocycles. The number of rotatable bonds is 24. The van der Waals surface area contributed by atoms with Gasteiger partial charge in [-0.3, -0.25) is 63.0 Å². The SMILES string of the molecule is O=C([O-])C1C(C(=O)[O-])C(C(=O)O)C(C(=O)O)C(C(=O)O)C1C(=O)[O-].O=C([O-])CN(CC(=O)O)[C@@H]1CCCC[C@H]1N(CC(=O)[O-])CC(=O)O.O=C([O-])CN1CCN(CC(=O)[O-])CCN(CC(=O)O)CCN(CC(=O)O)CC1. The first-order valence-corrected chi connectivity index (χ1v) is 22.6. The van der Waals surface area contributed by atoms with Gasteiger partial charge in [-0.15, -0.1) is 0 Å². The molecule has 0 radical (unpaired) electrons. The number of carbonyl (C=O) groups is 14. The maximum atomic E-state index is 11.3. The number of hydrogen-bond acceptors (Lipinski definition) is 27. The first kappa shape index (κ1) is 66.4. The van der Waals surface area contributed by atoms with Crippen molar-refractivity contribution in [2.75, 3.05) is 105 Å². The van der Waals surface area contributed by atoms with E-state index in [0.29, 0.717) is 25.7 Å². The summed E-state index contributed by atoms with van der Waals surface area (Å²) in [5.74, 6) is -39.1. The van der Waals surface area contributed by atoms with E-state index in [4.69, 9.17) is 35.7 Å². The van der Waals surface area contributed by atoms with Crippen LogP contribution in [-0.4, -0.2) is 266 Å². The molecule has 428 valence electrons. The van der Waals surface area contributed by atoms with Crippen molar-refractivity contribution < 1.29 is 139 Å². The largest absolute Gasteiger partial charge is 0.550 e. The van der Waals surface area contributed by atoms with E-state index in [0.717, 1.165) is 0 Å². The Kier molecular flexibility index (Phi) is 27.9. The van der Waals surface area contributed by atoms with Gasteiger partial charge in [-0.25, -0.2) is 0 Å². The highest BCUT2D eigenvalue weighted by Gasteiger charge is 2.59. The highest BCUT2D eigenvalue weighted by molar-refractivity contribution is 5.95. The Balaban J connectivity index is 0.000000572. The molecule has 4 unspecified atom stereocenters. The summed E-state index contributed by atoms with van der Waals surface area (Å²) in [6.45, 7) is -1.52. The van der Waals surface area contributed by atoms with Gasteiger partial charge in [-0.1, -0.05) is 12.8 Å². The number of carbonyl (C=O) groups excluding carboxylic acids is 7. The summed E-state index contributed by atoms with van der Waals surface area (Å²) in [5, 5.41) is 141. The van der Waals surface area contributed by atoms with Gasteiger partial charge in [0.1, 0.15) is 0 Å². The maximum absolute atomic E-state index is 11.3. The van der Waals surface area contributed by atoms with E-state index < -0.39 is 157 Å². The average molecular weight is 1090 g/mol. The van der Waals surface area contributed by atoms with Gasteiger partial charge in [0.2, 0.25) is 0 Å². The lowest BCUT2D eigenvalue weighted by molar-refractivity contribution is -0.343. The minimum atomic E-state index is -2.67. The van der Waals surface area contributed by atoms with Crippen LogP contribution in [0.15, 0.2) is 0 Å². The highest BCUT2D eigenvalue weighted by atomic mass is 16.4. The summed E-state index contributed by atoms with van der Waals surface area (Å²) >= 11 is 0. The van der Waals surface area contributed by atoms with Crippen LogP contribution in [0.25, 0.3) is 0 Å². The highest BCUT2D eigenvalue weighted by Crippen LogP contribution is 2.46. The summed E-state index contributed by atoms with van der Waals surface area (Å²) in [7, 11) is 0. The molecule has 3 aliphatic rings. The Morgan fingerprint density at radius 3 is 0.763 bits per heavy atom. The molecule has 0 amide bonds. The van der Waals surface area contributed by atoms with Crippen LogP contribution in [-0.2, 0) is 67.1 Å². The normalized spacial score (nSPS) is 24.0. The minimum absolute atomic E-state index is 0.237. The standard InChI is InChI=1S/C16H28N4O8.C14H22N2O8.C12H12O12/c21-13(22)9-17-1-2-18(10-14(23)24)5-6-20(12-16(27)28)8-7-19(4-3-17)11-15(25)26;17-11(18)5-15(6-12(19)20)9-3-1-2-4-10(9)16(7-13(21)22)8-14(23)24;13-7(14)1-2(8(15)16)4(10(19)20)6(12(23)24)5(11(21)22)3(1)9(17)18/h1-12H2,(H,21,22)(H,23,24)(H,25,26)(H,27,28);9-10H,1-8H2,(H,17,18)(H,19,20)(H,21,22)(H,23,24);1-6H,(H,13,14)(H,15,16)(H,17,18)(H,19,20)(H,21,22)(H,23,24)/p-7/t;9-,10-;/m.1./s1. The number of hydrogen-bond donors (Lipinski definition) is 7. The second-order valence-electron chi connectivity index (χ2n) is 17.5. The van der Waals surface area contributed by atoms with Crippen LogP contribution in [0.1, 0.15) is 25.7 Å². The molecule has 0 bridgehead atoms. The Hall–Kier alpha value is -7.66. The lowest BCUT2D eigenvalue weighted by Crippen LogP contribution is -2.64. The van der Waals surface area contributed by atoms with Crippen LogP contribution in [0.5, 0.6) is 0 Å². The number of carboxylic acids is 14. The van der Waals surface area contributed by atoms with Crippen molar-refractivity contribution in [1.82, 2.24) is 29.4 Å². The van der Waals surface area contributed by atoms with Crippen molar-refractivity contribution in [3.63, 3.8) is 0 Å². The second-order valence-corrected chi connectivity index (χ2v) is 17.5. The van der Waals surface area contributed by atoms with Gasteiger partial charge in [0.05, 0.1) is 67.8 Å². The van der Waals surface area contributed by atoms with Crippen molar-refractivity contribution in [3.05, 3.63) is 0 Å². The van der Waals surface area contributed by atoms with Gasteiger partial charge < -0.3 is 105 Å². The predicted octanol–water partition coefficient (Wildman–Crippen LogP) is -14.4. The van der Waals surface area contributed by atoms with E-state index in [2.05, 4.69) is 0 Å². The van der Waals surface area contributed by atoms with Crippen LogP contribution >= 0.6 is 0 Å². The summed E-state index contributed by atoms with van der Waals surface area (Å²) in [6, 6.07) is -1.18. The molecule has 1 aliphatic heterocycles. The fourth-order valence-corrected chi connectivity index (χ4v) is 9.30. The van der Waals surface area contributed by atoms with Gasteiger partial charge in [0.25, 0.3) is 0 Å². The molecule has 34 heteroatoms. The topological polar surface area (TPSA) is 561 Å². The molecule has 0 spiro atoms. The summed E-state index contributed by atoms with van der Waals surface area (Å²) in [6.07, 6.45) is 2.29. The molecular weight excluding hydrogens is 1040 g/mol. The Bertz CT molecular complexity index is 1800. The average Bonchev–Trinajstić information content (AvgIpc) is 3.27. The first-order chi connectivity index (χ1) is 35.3. The molecular formula is C42H55N6O28-7. The molecule has 2 saturated carbocycles. The lowest BCUT2D eigenvalue weighted by Gasteiger charge is -2.48. The number of nitrogens with zero attached hydrogens (tertiary/aromatic N) is 6. The summed E-state index contributed by atoms with van der Waals surface area (Å²) in [4.78, 5) is 164. The smallest absolute Gasteiger partial charge is 0.317 e. The Morgan fingerprint density at radius 2 is 0.566 bits per heavy atom. The number of carboxylic acid groups (broad SMARTS) is 14. The van der Waals surface area contributed by atoms with Gasteiger partial charge in [-0.2, -0.15) is 0 Å². The summed E-state index contributed by atoms with van der Waals surface area (Å²) in [5.41, 5.74) is 0.